The van der Waals surface area contributed by atoms with Crippen LogP contribution in [0.1, 0.15) is 16.8 Å². The molecule has 0 N–H and O–H groups in total. The smallest absolute Gasteiger partial charge is 0.262 e. The first kappa shape index (κ1) is 14.5. The van der Waals surface area contributed by atoms with Gasteiger partial charge in [0.2, 0.25) is 0 Å². The van der Waals surface area contributed by atoms with Crippen molar-refractivity contribution in [2.75, 3.05) is 33.4 Å². The Morgan fingerprint density at radius 1 is 1.52 bits per heavy atom. The van der Waals surface area contributed by atoms with E-state index in [-0.39, 0.29) is 31.0 Å². The van der Waals surface area contributed by atoms with E-state index in [2.05, 4.69) is 0 Å². The van der Waals surface area contributed by atoms with Crippen LogP contribution in [0.4, 0.5) is 8.78 Å². The molecule has 7 heteroatoms. The Balaban J connectivity index is 1.59. The highest BCUT2D eigenvalue weighted by atomic mass is 19.3. The van der Waals surface area contributed by atoms with Crippen molar-refractivity contribution in [1.82, 2.24) is 9.80 Å². The van der Waals surface area contributed by atoms with Crippen molar-refractivity contribution in [2.24, 2.45) is 0 Å². The lowest BCUT2D eigenvalue weighted by Crippen LogP contribution is -2.62. The molecule has 3 rings (SSSR count). The third-order valence-corrected chi connectivity index (χ3v) is 4.16. The maximum Gasteiger partial charge on any atom is 0.262 e. The molecule has 0 saturated carbocycles. The number of nitrogens with zero attached hydrogens (tertiary/aromatic N) is 2. The average molecular weight is 300 g/mol. The zero-order chi connectivity index (χ0) is 15.0. The van der Waals surface area contributed by atoms with Crippen LogP contribution in [0.15, 0.2) is 23.0 Å². The summed E-state index contributed by atoms with van der Waals surface area (Å²) in [5, 5.41) is 0. The van der Waals surface area contributed by atoms with Crippen LogP contribution in [-0.4, -0.2) is 67.1 Å². The first-order chi connectivity index (χ1) is 10.00. The summed E-state index contributed by atoms with van der Waals surface area (Å²) in [6.07, 6.45) is 2.67. The number of hydrogen-bond acceptors (Lipinski definition) is 4. The van der Waals surface area contributed by atoms with Gasteiger partial charge in [-0.15, -0.1) is 0 Å². The molecule has 0 radical (unpaired) electrons. The van der Waals surface area contributed by atoms with Crippen LogP contribution in [0, 0.1) is 0 Å². The minimum absolute atomic E-state index is 0.0191. The van der Waals surface area contributed by atoms with Crippen molar-refractivity contribution in [3.63, 3.8) is 0 Å². The Kier molecular flexibility index (Phi) is 3.71. The normalized spacial score (nSPS) is 26.0. The Morgan fingerprint density at radius 2 is 2.29 bits per heavy atom. The van der Waals surface area contributed by atoms with E-state index in [1.165, 1.54) is 19.6 Å². The molecule has 1 aromatic rings. The summed E-state index contributed by atoms with van der Waals surface area (Å²) in [6.45, 7) is 0.988. The van der Waals surface area contributed by atoms with E-state index < -0.39 is 5.92 Å². The number of halogens is 2. The van der Waals surface area contributed by atoms with Crippen molar-refractivity contribution < 1.29 is 22.7 Å². The molecule has 1 amide bonds. The third kappa shape index (κ3) is 2.80. The Labute approximate surface area is 121 Å². The Bertz CT molecular complexity index is 500. The molecule has 21 heavy (non-hydrogen) atoms. The lowest BCUT2D eigenvalue weighted by Gasteiger charge is -2.45. The van der Waals surface area contributed by atoms with Gasteiger partial charge in [-0.25, -0.2) is 8.78 Å². The second-order valence-corrected chi connectivity index (χ2v) is 5.72. The van der Waals surface area contributed by atoms with Crippen molar-refractivity contribution in [2.45, 2.75) is 24.4 Å². The van der Waals surface area contributed by atoms with Gasteiger partial charge in [-0.3, -0.25) is 9.69 Å². The van der Waals surface area contributed by atoms with Gasteiger partial charge in [0.15, 0.2) is 0 Å². The van der Waals surface area contributed by atoms with E-state index >= 15 is 0 Å². The maximum absolute atomic E-state index is 13.6. The lowest BCUT2D eigenvalue weighted by molar-refractivity contribution is -0.0136. The molecular formula is C14H18F2N2O3. The predicted molar refractivity (Wildman–Crippen MR) is 70.3 cm³/mol. The van der Waals surface area contributed by atoms with Crippen molar-refractivity contribution in [1.29, 1.82) is 0 Å². The fraction of sp³-hybridized carbons (Fsp3) is 0.643. The molecule has 2 aliphatic rings. The molecule has 1 atom stereocenters. The highest BCUT2D eigenvalue weighted by Gasteiger charge is 2.50. The van der Waals surface area contributed by atoms with Crippen molar-refractivity contribution in [3.05, 3.63) is 24.2 Å². The zero-order valence-electron chi connectivity index (χ0n) is 11.8. The molecule has 2 fully saturated rings. The highest BCUT2D eigenvalue weighted by Crippen LogP contribution is 2.35. The average Bonchev–Trinajstić information content (AvgIpc) is 2.96. The SMILES string of the molecule is COCC1CC(F)(F)CN1C1CN(C(=O)c2ccoc2)C1. The van der Waals surface area contributed by atoms with Crippen LogP contribution in [0.25, 0.3) is 0 Å². The standard InChI is InChI=1S/C14H18F2N2O3/c1-20-8-11-4-14(15,16)9-18(11)12-5-17(6-12)13(19)10-2-3-21-7-10/h2-3,7,11-12H,4-6,8-9H2,1H3. The second-order valence-electron chi connectivity index (χ2n) is 5.72. The number of amides is 1. The van der Waals surface area contributed by atoms with E-state index in [4.69, 9.17) is 9.15 Å². The maximum atomic E-state index is 13.6. The number of carbonyl (C=O) groups is 1. The summed E-state index contributed by atoms with van der Waals surface area (Å²) in [5.41, 5.74) is 0.494. The summed E-state index contributed by atoms with van der Waals surface area (Å²) in [6, 6.07) is 1.31. The fourth-order valence-electron chi connectivity index (χ4n) is 3.10. The molecule has 0 bridgehead atoms. The van der Waals surface area contributed by atoms with Crippen LogP contribution in [0.2, 0.25) is 0 Å². The number of likely N-dealkylation sites (tertiary alicyclic amines) is 2. The van der Waals surface area contributed by atoms with Crippen LogP contribution in [-0.2, 0) is 4.74 Å². The van der Waals surface area contributed by atoms with Gasteiger partial charge in [0.05, 0.1) is 25.0 Å². The molecule has 3 heterocycles. The van der Waals surface area contributed by atoms with Crippen molar-refractivity contribution in [3.8, 4) is 0 Å². The largest absolute Gasteiger partial charge is 0.472 e. The topological polar surface area (TPSA) is 45.9 Å². The van der Waals surface area contributed by atoms with Gasteiger partial charge < -0.3 is 14.1 Å². The van der Waals surface area contributed by atoms with Crippen LogP contribution < -0.4 is 0 Å². The molecule has 2 saturated heterocycles. The lowest BCUT2D eigenvalue weighted by atomic mass is 10.0. The molecular weight excluding hydrogens is 282 g/mol. The number of hydrogen-bond donors (Lipinski definition) is 0. The molecule has 1 unspecified atom stereocenters. The van der Waals surface area contributed by atoms with E-state index in [1.807, 2.05) is 0 Å². The quantitative estimate of drug-likeness (QED) is 0.844. The summed E-state index contributed by atoms with van der Waals surface area (Å²) in [7, 11) is 1.52. The first-order valence-electron chi connectivity index (χ1n) is 6.94. The molecule has 0 aliphatic carbocycles. The third-order valence-electron chi connectivity index (χ3n) is 4.16. The molecule has 2 aliphatic heterocycles. The molecule has 116 valence electrons. The minimum atomic E-state index is -2.67. The number of methoxy groups -OCH3 is 1. The van der Waals surface area contributed by atoms with Crippen LogP contribution >= 0.6 is 0 Å². The van der Waals surface area contributed by atoms with Gasteiger partial charge in [-0.05, 0) is 6.07 Å². The summed E-state index contributed by atoms with van der Waals surface area (Å²) < 4.78 is 37.1. The Hall–Kier alpha value is -1.47. The minimum Gasteiger partial charge on any atom is -0.472 e. The predicted octanol–water partition coefficient (Wildman–Crippen LogP) is 1.46. The van der Waals surface area contributed by atoms with Crippen molar-refractivity contribution >= 4 is 5.91 Å². The number of carbonyl (C=O) groups excluding carboxylic acids is 1. The summed E-state index contributed by atoms with van der Waals surface area (Å²) in [4.78, 5) is 15.5. The van der Waals surface area contributed by atoms with Gasteiger partial charge in [0.25, 0.3) is 11.8 Å². The van der Waals surface area contributed by atoms with Gasteiger partial charge in [-0.2, -0.15) is 0 Å². The van der Waals surface area contributed by atoms with E-state index in [9.17, 15) is 13.6 Å². The molecule has 0 aromatic carbocycles. The zero-order valence-corrected chi connectivity index (χ0v) is 11.8. The van der Waals surface area contributed by atoms with Crippen LogP contribution in [0.5, 0.6) is 0 Å². The molecule has 0 spiro atoms. The van der Waals surface area contributed by atoms with Gasteiger partial charge in [0.1, 0.15) is 6.26 Å². The Morgan fingerprint density at radius 3 is 2.90 bits per heavy atom. The first-order valence-corrected chi connectivity index (χ1v) is 6.94. The van der Waals surface area contributed by atoms with E-state index in [0.29, 0.717) is 25.3 Å². The fourth-order valence-corrected chi connectivity index (χ4v) is 3.10. The van der Waals surface area contributed by atoms with Gasteiger partial charge in [-0.1, -0.05) is 0 Å². The summed E-state index contributed by atoms with van der Waals surface area (Å²) in [5.74, 6) is -2.78. The van der Waals surface area contributed by atoms with Gasteiger partial charge >= 0.3 is 0 Å². The highest BCUT2D eigenvalue weighted by molar-refractivity contribution is 5.94. The second kappa shape index (κ2) is 5.38. The monoisotopic (exact) mass is 300 g/mol. The number of rotatable bonds is 4. The molecule has 1 aromatic heterocycles. The van der Waals surface area contributed by atoms with E-state index in [1.54, 1.807) is 15.9 Å². The van der Waals surface area contributed by atoms with Gasteiger partial charge in [0, 0.05) is 38.7 Å². The number of alkyl halides is 2. The summed E-state index contributed by atoms with van der Waals surface area (Å²) >= 11 is 0. The molecule has 5 nitrogen and oxygen atoms in total. The number of ether oxygens (including phenoxy) is 1. The number of furan rings is 1. The van der Waals surface area contributed by atoms with Crippen LogP contribution in [0.3, 0.4) is 0 Å². The van der Waals surface area contributed by atoms with E-state index in [0.717, 1.165) is 0 Å².